The molecule has 3 fully saturated rings. The Hall–Kier alpha value is -1.64. The zero-order chi connectivity index (χ0) is 21.6. The first-order chi connectivity index (χ1) is 13.4. The van der Waals surface area contributed by atoms with E-state index in [1.807, 2.05) is 27.7 Å². The van der Waals surface area contributed by atoms with Crippen molar-refractivity contribution in [2.24, 2.45) is 11.3 Å². The van der Waals surface area contributed by atoms with Crippen LogP contribution in [0.4, 0.5) is 0 Å². The first kappa shape index (κ1) is 22.1. The van der Waals surface area contributed by atoms with E-state index in [0.717, 1.165) is 6.42 Å². The zero-order valence-electron chi connectivity index (χ0n) is 17.8. The van der Waals surface area contributed by atoms with E-state index < -0.39 is 32.8 Å². The molecule has 8 nitrogen and oxygen atoms in total. The minimum Gasteiger partial charge on any atom is -0.340 e. The molecule has 2 saturated carbocycles. The van der Waals surface area contributed by atoms with Crippen molar-refractivity contribution in [2.45, 2.75) is 89.5 Å². The molecule has 3 aliphatic rings. The summed E-state index contributed by atoms with van der Waals surface area (Å²) in [5, 5.41) is 2.33. The highest BCUT2D eigenvalue weighted by Crippen LogP contribution is 2.46. The number of nitrogens with one attached hydrogen (secondary N) is 2. The summed E-state index contributed by atoms with van der Waals surface area (Å²) in [4.78, 5) is 40.1. The summed E-state index contributed by atoms with van der Waals surface area (Å²) in [6, 6.07) is -0.604. The summed E-state index contributed by atoms with van der Waals surface area (Å²) in [6.07, 6.45) is 3.84. The third-order valence-corrected chi connectivity index (χ3v) is 7.92. The van der Waals surface area contributed by atoms with Gasteiger partial charge in [-0.3, -0.25) is 19.1 Å². The van der Waals surface area contributed by atoms with Gasteiger partial charge in [-0.15, -0.1) is 0 Å². The molecule has 0 aromatic carbocycles. The van der Waals surface area contributed by atoms with Gasteiger partial charge < -0.3 is 10.2 Å². The fraction of sp³-hybridized carbons (Fsp3) is 0.850. The Bertz CT molecular complexity index is 799. The fourth-order valence-electron chi connectivity index (χ4n) is 4.19. The monoisotopic (exact) mass is 427 g/mol. The van der Waals surface area contributed by atoms with E-state index in [9.17, 15) is 22.8 Å². The predicted octanol–water partition coefficient (Wildman–Crippen LogP) is 1.31. The highest BCUT2D eigenvalue weighted by molar-refractivity contribution is 7.91. The van der Waals surface area contributed by atoms with E-state index in [4.69, 9.17) is 0 Å². The van der Waals surface area contributed by atoms with Crippen molar-refractivity contribution in [2.75, 3.05) is 6.54 Å². The minimum absolute atomic E-state index is 0.0622. The van der Waals surface area contributed by atoms with Crippen LogP contribution in [-0.2, 0) is 24.4 Å². The number of hydrogen-bond acceptors (Lipinski definition) is 5. The zero-order valence-corrected chi connectivity index (χ0v) is 18.6. The molecule has 0 aromatic rings. The van der Waals surface area contributed by atoms with Crippen molar-refractivity contribution in [3.8, 4) is 0 Å². The standard InChI is InChI=1S/C20H33N3O5S/c1-5-13-11-20(13,18(26)22-29(27,28)14-8-9-14)21-17(25)15-7-6-10-23(15)16(24)12-19(2,3)4/h13-15H,5-12H2,1-4H3,(H,21,25)(H,22,26). The lowest BCUT2D eigenvalue weighted by Gasteiger charge is -2.29. The van der Waals surface area contributed by atoms with Gasteiger partial charge in [-0.25, -0.2) is 8.42 Å². The second-order valence-electron chi connectivity index (χ2n) is 9.93. The number of amides is 3. The van der Waals surface area contributed by atoms with Gasteiger partial charge in [-0.05, 0) is 43.4 Å². The Labute approximate surface area is 173 Å². The molecule has 3 rings (SSSR count). The van der Waals surface area contributed by atoms with Gasteiger partial charge in [0.05, 0.1) is 5.25 Å². The van der Waals surface area contributed by atoms with Gasteiger partial charge in [-0.1, -0.05) is 34.1 Å². The molecule has 0 aromatic heterocycles. The maximum Gasteiger partial charge on any atom is 0.259 e. The maximum absolute atomic E-state index is 13.0. The summed E-state index contributed by atoms with van der Waals surface area (Å²) in [5.74, 6) is -1.16. The van der Waals surface area contributed by atoms with Crippen molar-refractivity contribution < 1.29 is 22.8 Å². The molecule has 1 saturated heterocycles. The van der Waals surface area contributed by atoms with Gasteiger partial charge >= 0.3 is 0 Å². The van der Waals surface area contributed by atoms with E-state index in [1.165, 1.54) is 0 Å². The SMILES string of the molecule is CCC1CC1(NC(=O)C1CCCN1C(=O)CC(C)(C)C)C(=O)NS(=O)(=O)C1CC1. The number of rotatable bonds is 7. The summed E-state index contributed by atoms with van der Waals surface area (Å²) >= 11 is 0. The Balaban J connectivity index is 1.69. The number of hydrogen-bond donors (Lipinski definition) is 2. The molecule has 0 radical (unpaired) electrons. The smallest absolute Gasteiger partial charge is 0.259 e. The van der Waals surface area contributed by atoms with Gasteiger partial charge in [0.1, 0.15) is 11.6 Å². The van der Waals surface area contributed by atoms with Crippen LogP contribution in [0.3, 0.4) is 0 Å². The van der Waals surface area contributed by atoms with E-state index in [0.29, 0.717) is 45.1 Å². The molecule has 0 spiro atoms. The third kappa shape index (κ3) is 4.75. The molecule has 0 bridgehead atoms. The quantitative estimate of drug-likeness (QED) is 0.636. The largest absolute Gasteiger partial charge is 0.340 e. The lowest BCUT2D eigenvalue weighted by molar-refractivity contribution is -0.141. The first-order valence-electron chi connectivity index (χ1n) is 10.6. The highest BCUT2D eigenvalue weighted by atomic mass is 32.2. The number of carbonyl (C=O) groups excluding carboxylic acids is 3. The topological polar surface area (TPSA) is 113 Å². The van der Waals surface area contributed by atoms with Crippen molar-refractivity contribution in [3.63, 3.8) is 0 Å². The van der Waals surface area contributed by atoms with E-state index >= 15 is 0 Å². The highest BCUT2D eigenvalue weighted by Gasteiger charge is 2.61. The number of carbonyl (C=O) groups is 3. The van der Waals surface area contributed by atoms with Crippen LogP contribution in [-0.4, -0.2) is 54.4 Å². The molecule has 3 amide bonds. The van der Waals surface area contributed by atoms with Crippen LogP contribution < -0.4 is 10.0 Å². The van der Waals surface area contributed by atoms with E-state index in [2.05, 4.69) is 10.0 Å². The number of sulfonamides is 1. The first-order valence-corrected chi connectivity index (χ1v) is 12.1. The van der Waals surface area contributed by atoms with Crippen LogP contribution in [0.25, 0.3) is 0 Å². The van der Waals surface area contributed by atoms with Gasteiger partial charge in [0.2, 0.25) is 21.8 Å². The average molecular weight is 428 g/mol. The number of nitrogens with zero attached hydrogens (tertiary/aromatic N) is 1. The second kappa shape index (κ2) is 7.56. The minimum atomic E-state index is -3.68. The van der Waals surface area contributed by atoms with E-state index in [-0.39, 0.29) is 23.1 Å². The summed E-state index contributed by atoms with van der Waals surface area (Å²) in [7, 11) is -3.68. The maximum atomic E-state index is 13.0. The average Bonchev–Trinajstić information content (AvgIpc) is 3.50. The fourth-order valence-corrected chi connectivity index (χ4v) is 5.55. The molecule has 3 unspecified atom stereocenters. The predicted molar refractivity (Wildman–Crippen MR) is 108 cm³/mol. The van der Waals surface area contributed by atoms with Gasteiger partial charge in [0.15, 0.2) is 0 Å². The van der Waals surface area contributed by atoms with Gasteiger partial charge in [0.25, 0.3) is 5.91 Å². The third-order valence-electron chi connectivity index (χ3n) is 6.10. The van der Waals surface area contributed by atoms with Crippen LogP contribution in [0, 0.1) is 11.3 Å². The molecule has 2 N–H and O–H groups in total. The van der Waals surface area contributed by atoms with Crippen molar-refractivity contribution in [1.29, 1.82) is 0 Å². The molecule has 2 aliphatic carbocycles. The van der Waals surface area contributed by atoms with Crippen LogP contribution in [0.2, 0.25) is 0 Å². The van der Waals surface area contributed by atoms with E-state index in [1.54, 1.807) is 4.90 Å². The summed E-state index contributed by atoms with van der Waals surface area (Å²) < 4.78 is 26.6. The Morgan fingerprint density at radius 3 is 2.31 bits per heavy atom. The normalized spacial score (nSPS) is 29.4. The second-order valence-corrected chi connectivity index (χ2v) is 11.9. The van der Waals surface area contributed by atoms with Gasteiger partial charge in [-0.2, -0.15) is 0 Å². The van der Waals surface area contributed by atoms with Crippen molar-refractivity contribution >= 4 is 27.7 Å². The van der Waals surface area contributed by atoms with Crippen molar-refractivity contribution in [1.82, 2.24) is 14.9 Å². The lowest BCUT2D eigenvalue weighted by atomic mass is 9.91. The lowest BCUT2D eigenvalue weighted by Crippen LogP contribution is -2.56. The molecule has 29 heavy (non-hydrogen) atoms. The van der Waals surface area contributed by atoms with Gasteiger partial charge in [0, 0.05) is 13.0 Å². The molecular formula is C20H33N3O5S. The Morgan fingerprint density at radius 1 is 1.14 bits per heavy atom. The van der Waals surface area contributed by atoms with Crippen LogP contribution in [0.1, 0.15) is 72.6 Å². The molecule has 9 heteroatoms. The Kier molecular flexibility index (Phi) is 5.75. The molecule has 1 heterocycles. The Morgan fingerprint density at radius 2 is 1.79 bits per heavy atom. The van der Waals surface area contributed by atoms with Crippen LogP contribution in [0.15, 0.2) is 0 Å². The van der Waals surface area contributed by atoms with Crippen LogP contribution >= 0.6 is 0 Å². The molecule has 3 atom stereocenters. The number of likely N-dealkylation sites (tertiary alicyclic amines) is 1. The molecule has 164 valence electrons. The summed E-state index contributed by atoms with van der Waals surface area (Å²) in [5.41, 5.74) is -1.36. The van der Waals surface area contributed by atoms with Crippen molar-refractivity contribution in [3.05, 3.63) is 0 Å². The summed E-state index contributed by atoms with van der Waals surface area (Å²) in [6.45, 7) is 8.37. The molecule has 1 aliphatic heterocycles. The van der Waals surface area contributed by atoms with Crippen LogP contribution in [0.5, 0.6) is 0 Å². The molecular weight excluding hydrogens is 394 g/mol.